The first-order chi connectivity index (χ1) is 10.5. The number of carbonyl (C=O) groups excluding carboxylic acids is 1. The summed E-state index contributed by atoms with van der Waals surface area (Å²) >= 11 is 9.04. The monoisotopic (exact) mass is 385 g/mol. The van der Waals surface area contributed by atoms with E-state index in [2.05, 4.69) is 21.2 Å². The number of carbonyl (C=O) groups is 1. The largest absolute Gasteiger partial charge is 0.493 e. The van der Waals surface area contributed by atoms with E-state index in [4.69, 9.17) is 16.3 Å². The number of hydrogen-bond donors (Lipinski definition) is 1. The minimum Gasteiger partial charge on any atom is -0.493 e. The van der Waals surface area contributed by atoms with Gasteiger partial charge in [-0.2, -0.15) is 0 Å². The average Bonchev–Trinajstić information content (AvgIpc) is 2.49. The van der Waals surface area contributed by atoms with Crippen LogP contribution in [-0.4, -0.2) is 12.5 Å². The summed E-state index contributed by atoms with van der Waals surface area (Å²) in [5.74, 6) is -0.389. The molecule has 0 radical (unpaired) electrons. The molecule has 2 rings (SSSR count). The second-order valence-electron chi connectivity index (χ2n) is 4.57. The molecule has 0 aromatic heterocycles. The third-order valence-corrected chi connectivity index (χ3v) is 3.61. The lowest BCUT2D eigenvalue weighted by molar-refractivity contribution is 0.102. The highest BCUT2D eigenvalue weighted by Gasteiger charge is 2.14. The fraction of sp³-hybridized carbons (Fsp3) is 0.188. The molecule has 0 aliphatic heterocycles. The van der Waals surface area contributed by atoms with E-state index in [1.54, 1.807) is 18.2 Å². The molecule has 1 N–H and O–H groups in total. The van der Waals surface area contributed by atoms with Crippen LogP contribution in [0.5, 0.6) is 5.75 Å². The van der Waals surface area contributed by atoms with Gasteiger partial charge in [0, 0.05) is 10.2 Å². The molecule has 0 atom stereocenters. The van der Waals surface area contributed by atoms with Gasteiger partial charge in [0.2, 0.25) is 0 Å². The minimum absolute atomic E-state index is 0.0468. The Hall–Kier alpha value is -1.59. The summed E-state index contributed by atoms with van der Waals surface area (Å²) in [5, 5.41) is 2.63. The van der Waals surface area contributed by atoms with Gasteiger partial charge in [-0.15, -0.1) is 0 Å². The summed E-state index contributed by atoms with van der Waals surface area (Å²) in [6, 6.07) is 9.21. The topological polar surface area (TPSA) is 38.3 Å². The molecule has 6 heteroatoms. The van der Waals surface area contributed by atoms with E-state index in [9.17, 15) is 9.18 Å². The summed E-state index contributed by atoms with van der Waals surface area (Å²) in [4.78, 5) is 12.4. The van der Waals surface area contributed by atoms with Crippen molar-refractivity contribution in [2.24, 2.45) is 0 Å². The van der Waals surface area contributed by atoms with Crippen LogP contribution in [0.1, 0.15) is 23.7 Å². The minimum atomic E-state index is -0.533. The van der Waals surface area contributed by atoms with Gasteiger partial charge in [-0.05, 0) is 42.8 Å². The third-order valence-electron chi connectivity index (χ3n) is 2.83. The van der Waals surface area contributed by atoms with Crippen molar-refractivity contribution in [3.8, 4) is 5.75 Å². The van der Waals surface area contributed by atoms with Gasteiger partial charge in [0.25, 0.3) is 5.91 Å². The van der Waals surface area contributed by atoms with Crippen LogP contribution < -0.4 is 10.1 Å². The Morgan fingerprint density at radius 2 is 2.09 bits per heavy atom. The summed E-state index contributed by atoms with van der Waals surface area (Å²) in [5.41, 5.74) is 0.807. The average molecular weight is 387 g/mol. The Kier molecular flexibility index (Phi) is 5.80. The van der Waals surface area contributed by atoms with Crippen molar-refractivity contribution in [3.63, 3.8) is 0 Å². The van der Waals surface area contributed by atoms with Crippen molar-refractivity contribution in [2.45, 2.75) is 13.3 Å². The van der Waals surface area contributed by atoms with Gasteiger partial charge in [-0.1, -0.05) is 34.5 Å². The molecule has 0 spiro atoms. The maximum atomic E-state index is 13.1. The van der Waals surface area contributed by atoms with Crippen LogP contribution in [0.4, 0.5) is 10.1 Å². The van der Waals surface area contributed by atoms with E-state index in [0.717, 1.165) is 10.9 Å². The molecule has 0 aliphatic carbocycles. The standard InChI is InChI=1S/C16H14BrClFNO2/c1-2-7-22-15-6-3-10(17)8-12(15)16(21)20-11-4-5-14(19)13(18)9-11/h3-6,8-9H,2,7H2,1H3,(H,20,21). The van der Waals surface area contributed by atoms with Crippen molar-refractivity contribution < 1.29 is 13.9 Å². The number of amides is 1. The van der Waals surface area contributed by atoms with Gasteiger partial charge < -0.3 is 10.1 Å². The third kappa shape index (κ3) is 4.21. The van der Waals surface area contributed by atoms with E-state index in [-0.39, 0.29) is 10.9 Å². The molecule has 0 bridgehead atoms. The number of rotatable bonds is 5. The highest BCUT2D eigenvalue weighted by molar-refractivity contribution is 9.10. The van der Waals surface area contributed by atoms with Gasteiger partial charge in [0.05, 0.1) is 17.2 Å². The van der Waals surface area contributed by atoms with Crippen molar-refractivity contribution in [1.29, 1.82) is 0 Å². The highest BCUT2D eigenvalue weighted by atomic mass is 79.9. The van der Waals surface area contributed by atoms with Crippen LogP contribution >= 0.6 is 27.5 Å². The first-order valence-electron chi connectivity index (χ1n) is 6.70. The predicted octanol–water partition coefficient (Wildman–Crippen LogP) is 5.28. The van der Waals surface area contributed by atoms with Gasteiger partial charge in [-0.3, -0.25) is 4.79 Å². The number of benzene rings is 2. The molecule has 2 aromatic rings. The Bertz CT molecular complexity index is 694. The molecular weight excluding hydrogens is 373 g/mol. The number of halogens is 3. The molecule has 0 unspecified atom stereocenters. The van der Waals surface area contributed by atoms with Gasteiger partial charge in [0.15, 0.2) is 0 Å². The fourth-order valence-electron chi connectivity index (χ4n) is 1.79. The summed E-state index contributed by atoms with van der Waals surface area (Å²) in [6.45, 7) is 2.50. The Morgan fingerprint density at radius 1 is 1.32 bits per heavy atom. The molecule has 0 heterocycles. The normalized spacial score (nSPS) is 10.4. The zero-order valence-corrected chi connectivity index (χ0v) is 14.2. The summed E-state index contributed by atoms with van der Waals surface area (Å²) < 4.78 is 19.5. The summed E-state index contributed by atoms with van der Waals surface area (Å²) in [7, 11) is 0. The molecule has 22 heavy (non-hydrogen) atoms. The van der Waals surface area contributed by atoms with Crippen LogP contribution in [0.25, 0.3) is 0 Å². The van der Waals surface area contributed by atoms with Crippen molar-refractivity contribution in [3.05, 3.63) is 57.3 Å². The predicted molar refractivity (Wildman–Crippen MR) is 89.3 cm³/mol. The van der Waals surface area contributed by atoms with E-state index in [1.807, 2.05) is 6.92 Å². The molecule has 0 saturated heterocycles. The fourth-order valence-corrected chi connectivity index (χ4v) is 2.33. The smallest absolute Gasteiger partial charge is 0.259 e. The van der Waals surface area contributed by atoms with Crippen molar-refractivity contribution >= 4 is 39.1 Å². The Morgan fingerprint density at radius 3 is 2.77 bits per heavy atom. The number of nitrogens with one attached hydrogen (secondary N) is 1. The van der Waals surface area contributed by atoms with Crippen LogP contribution in [0.15, 0.2) is 40.9 Å². The summed E-state index contributed by atoms with van der Waals surface area (Å²) in [6.07, 6.45) is 0.838. The first-order valence-corrected chi connectivity index (χ1v) is 7.87. The molecule has 116 valence electrons. The lowest BCUT2D eigenvalue weighted by Gasteiger charge is -2.12. The SMILES string of the molecule is CCCOc1ccc(Br)cc1C(=O)Nc1ccc(F)c(Cl)c1. The second-order valence-corrected chi connectivity index (χ2v) is 5.89. The molecule has 0 aliphatic rings. The van der Waals surface area contributed by atoms with E-state index in [1.165, 1.54) is 18.2 Å². The lowest BCUT2D eigenvalue weighted by atomic mass is 10.2. The van der Waals surface area contributed by atoms with E-state index in [0.29, 0.717) is 23.6 Å². The van der Waals surface area contributed by atoms with Crippen LogP contribution in [0.2, 0.25) is 5.02 Å². The molecule has 3 nitrogen and oxygen atoms in total. The van der Waals surface area contributed by atoms with Gasteiger partial charge >= 0.3 is 0 Å². The maximum absolute atomic E-state index is 13.1. The van der Waals surface area contributed by atoms with E-state index < -0.39 is 5.82 Å². The molecule has 1 amide bonds. The quantitative estimate of drug-likeness (QED) is 0.759. The highest BCUT2D eigenvalue weighted by Crippen LogP contribution is 2.25. The van der Waals surface area contributed by atoms with E-state index >= 15 is 0 Å². The Labute approximate surface area is 141 Å². The van der Waals surface area contributed by atoms with Crippen LogP contribution in [-0.2, 0) is 0 Å². The van der Waals surface area contributed by atoms with Crippen LogP contribution in [0.3, 0.4) is 0 Å². The zero-order valence-electron chi connectivity index (χ0n) is 11.8. The lowest BCUT2D eigenvalue weighted by Crippen LogP contribution is -2.14. The molecule has 2 aromatic carbocycles. The van der Waals surface area contributed by atoms with Gasteiger partial charge in [0.1, 0.15) is 11.6 Å². The Balaban J connectivity index is 2.24. The molecular formula is C16H14BrClFNO2. The van der Waals surface area contributed by atoms with Crippen molar-refractivity contribution in [1.82, 2.24) is 0 Å². The molecule has 0 saturated carbocycles. The first kappa shape index (κ1) is 16.8. The number of anilines is 1. The molecule has 0 fully saturated rings. The zero-order chi connectivity index (χ0) is 16.1. The maximum Gasteiger partial charge on any atom is 0.259 e. The van der Waals surface area contributed by atoms with Gasteiger partial charge in [-0.25, -0.2) is 4.39 Å². The van der Waals surface area contributed by atoms with Crippen molar-refractivity contribution in [2.75, 3.05) is 11.9 Å². The second kappa shape index (κ2) is 7.61. The van der Waals surface area contributed by atoms with Crippen LogP contribution in [0, 0.1) is 5.82 Å². The number of ether oxygens (including phenoxy) is 1. The number of hydrogen-bond acceptors (Lipinski definition) is 2.